The van der Waals surface area contributed by atoms with Crippen molar-refractivity contribution in [3.05, 3.63) is 168 Å². The molecule has 2 nitrogen and oxygen atoms in total. The molecule has 6 aromatic rings. The molecule has 222 valence electrons. The summed E-state index contributed by atoms with van der Waals surface area (Å²) in [5.74, 6) is 1.97. The molecule has 0 amide bonds. The van der Waals surface area contributed by atoms with Gasteiger partial charge >= 0.3 is 0 Å². The Morgan fingerprint density at radius 3 is 1.42 bits per heavy atom. The molecule has 7 rings (SSSR count). The molecule has 0 aromatic heterocycles. The molecule has 0 unspecified atom stereocenters. The minimum atomic E-state index is -0.906. The number of hydrogen-bond donors (Lipinski definition) is 0. The van der Waals surface area contributed by atoms with Gasteiger partial charge in [0.2, 0.25) is 0 Å². The Kier molecular flexibility index (Phi) is 8.39. The summed E-state index contributed by atoms with van der Waals surface area (Å²) in [6.45, 7) is 5.24. The monoisotopic (exact) mass is 622 g/mol. The molecule has 0 fully saturated rings. The summed E-state index contributed by atoms with van der Waals surface area (Å²) in [7, 11) is 0.0110. The number of benzene rings is 6. The van der Waals surface area contributed by atoms with Crippen LogP contribution >= 0.6 is 15.8 Å². The highest BCUT2D eigenvalue weighted by Crippen LogP contribution is 2.52. The molecule has 1 heterocycles. The van der Waals surface area contributed by atoms with Gasteiger partial charge in [0.15, 0.2) is 0 Å². The van der Waals surface area contributed by atoms with Crippen LogP contribution in [0.3, 0.4) is 0 Å². The fourth-order valence-corrected chi connectivity index (χ4v) is 11.2. The average Bonchev–Trinajstić information content (AvgIpc) is 3.08. The molecule has 6 aromatic carbocycles. The number of rotatable bonds is 8. The van der Waals surface area contributed by atoms with E-state index < -0.39 is 15.8 Å². The minimum Gasteiger partial charge on any atom is -0.455 e. The van der Waals surface area contributed by atoms with E-state index in [1.165, 1.54) is 43.0 Å². The Balaban J connectivity index is 1.48. The highest BCUT2D eigenvalue weighted by atomic mass is 31.1. The molecule has 0 atom stereocenters. The van der Waals surface area contributed by atoms with Gasteiger partial charge in [-0.3, -0.25) is 0 Å². The van der Waals surface area contributed by atoms with E-state index in [9.17, 15) is 0 Å². The molecule has 0 radical (unpaired) electrons. The van der Waals surface area contributed by atoms with Crippen LogP contribution in [-0.2, 0) is 16.8 Å². The standard InChI is InChI=1S/C41H36O2P2/c1-41(2)35-25-16-26-37(44(31-17-8-4-9-18-31)32-19-10-5-11-20-32)39(35)43-40-36(41)27-30(29-42-3)28-38(40)45(33-21-12-6-13-22-33)34-23-14-7-15-24-34/h4-28H,29H2,1-3H3. The Morgan fingerprint density at radius 1 is 0.511 bits per heavy atom. The van der Waals surface area contributed by atoms with Crippen molar-refractivity contribution in [3.8, 4) is 11.5 Å². The number of ether oxygens (including phenoxy) is 2. The Labute approximate surface area is 269 Å². The van der Waals surface area contributed by atoms with Crippen molar-refractivity contribution >= 4 is 47.7 Å². The van der Waals surface area contributed by atoms with Crippen molar-refractivity contribution in [2.45, 2.75) is 25.9 Å². The lowest BCUT2D eigenvalue weighted by Crippen LogP contribution is -2.33. The Bertz CT molecular complexity index is 1830. The third kappa shape index (κ3) is 5.64. The molecule has 45 heavy (non-hydrogen) atoms. The van der Waals surface area contributed by atoms with Gasteiger partial charge in [-0.05, 0) is 54.8 Å². The second kappa shape index (κ2) is 12.7. The predicted octanol–water partition coefficient (Wildman–Crippen LogP) is 7.78. The number of methoxy groups -OCH3 is 1. The summed E-state index contributed by atoms with van der Waals surface area (Å²) >= 11 is 0. The molecule has 4 heteroatoms. The first kappa shape index (κ1) is 29.6. The lowest BCUT2D eigenvalue weighted by atomic mass is 9.75. The summed E-state index contributed by atoms with van der Waals surface area (Å²) in [5.41, 5.74) is 3.30. The highest BCUT2D eigenvalue weighted by Gasteiger charge is 2.39. The van der Waals surface area contributed by atoms with Crippen LogP contribution in [0.25, 0.3) is 0 Å². The van der Waals surface area contributed by atoms with E-state index in [0.29, 0.717) is 6.61 Å². The van der Waals surface area contributed by atoms with E-state index in [4.69, 9.17) is 9.47 Å². The summed E-state index contributed by atoms with van der Waals surface area (Å²) in [4.78, 5) is 0. The van der Waals surface area contributed by atoms with Crippen LogP contribution in [0.5, 0.6) is 11.5 Å². The topological polar surface area (TPSA) is 18.5 Å². The first-order valence-corrected chi connectivity index (χ1v) is 18.0. The molecule has 1 aliphatic heterocycles. The van der Waals surface area contributed by atoms with Gasteiger partial charge in [0.1, 0.15) is 11.5 Å². The maximum atomic E-state index is 7.35. The second-order valence-corrected chi connectivity index (χ2v) is 16.2. The highest BCUT2D eigenvalue weighted by molar-refractivity contribution is 7.80. The van der Waals surface area contributed by atoms with Crippen molar-refractivity contribution in [2.24, 2.45) is 0 Å². The van der Waals surface area contributed by atoms with Crippen molar-refractivity contribution < 1.29 is 9.47 Å². The molecular formula is C41H36O2P2. The van der Waals surface area contributed by atoms with Crippen molar-refractivity contribution in [1.29, 1.82) is 0 Å². The quantitative estimate of drug-likeness (QED) is 0.162. The van der Waals surface area contributed by atoms with E-state index >= 15 is 0 Å². The Morgan fingerprint density at radius 2 is 0.956 bits per heavy atom. The van der Waals surface area contributed by atoms with Gasteiger partial charge in [0.05, 0.1) is 6.61 Å². The summed E-state index contributed by atoms with van der Waals surface area (Å²) in [5, 5.41) is 7.69. The van der Waals surface area contributed by atoms with Gasteiger partial charge in [-0.1, -0.05) is 153 Å². The SMILES string of the molecule is COCc1cc(P(c2ccccc2)c2ccccc2)c2c(c1)C(C)(C)c1cccc(P(c3ccccc3)c3ccccc3)c1O2. The molecule has 0 bridgehead atoms. The maximum absolute atomic E-state index is 7.35. The van der Waals surface area contributed by atoms with Gasteiger partial charge in [-0.2, -0.15) is 0 Å². The fourth-order valence-electron chi connectivity index (χ4n) is 6.37. The summed E-state index contributed by atoms with van der Waals surface area (Å²) in [6.07, 6.45) is 0. The van der Waals surface area contributed by atoms with Crippen molar-refractivity contribution in [2.75, 3.05) is 7.11 Å². The zero-order valence-corrected chi connectivity index (χ0v) is 27.6. The number of fused-ring (bicyclic) bond motifs is 2. The van der Waals surface area contributed by atoms with Crippen molar-refractivity contribution in [3.63, 3.8) is 0 Å². The molecular weight excluding hydrogens is 586 g/mol. The fraction of sp³-hybridized carbons (Fsp3) is 0.122. The maximum Gasteiger partial charge on any atom is 0.139 e. The van der Waals surface area contributed by atoms with Crippen LogP contribution in [0.4, 0.5) is 0 Å². The molecule has 0 saturated carbocycles. The van der Waals surface area contributed by atoms with Gasteiger partial charge in [-0.15, -0.1) is 0 Å². The third-order valence-electron chi connectivity index (χ3n) is 8.52. The molecule has 1 aliphatic rings. The van der Waals surface area contributed by atoms with Crippen LogP contribution in [-0.4, -0.2) is 7.11 Å². The zero-order chi connectivity index (χ0) is 30.8. The third-order valence-corrected chi connectivity index (χ3v) is 13.4. The zero-order valence-electron chi connectivity index (χ0n) is 25.9. The van der Waals surface area contributed by atoms with E-state index in [1.807, 2.05) is 0 Å². The minimum absolute atomic E-state index is 0.291. The average molecular weight is 623 g/mol. The van der Waals surface area contributed by atoms with Gasteiger partial charge in [-0.25, -0.2) is 0 Å². The van der Waals surface area contributed by atoms with Crippen LogP contribution < -0.4 is 36.6 Å². The van der Waals surface area contributed by atoms with E-state index in [2.05, 4.69) is 166 Å². The van der Waals surface area contributed by atoms with Crippen LogP contribution in [0.15, 0.2) is 152 Å². The van der Waals surface area contributed by atoms with E-state index in [-0.39, 0.29) is 5.41 Å². The lowest BCUT2D eigenvalue weighted by molar-refractivity contribution is 0.184. The van der Waals surface area contributed by atoms with E-state index in [0.717, 1.165) is 17.1 Å². The van der Waals surface area contributed by atoms with Gasteiger partial charge in [0, 0.05) is 34.3 Å². The molecule has 0 saturated heterocycles. The summed E-state index contributed by atoms with van der Waals surface area (Å²) < 4.78 is 13.1. The largest absolute Gasteiger partial charge is 0.455 e. The predicted molar refractivity (Wildman–Crippen MR) is 193 cm³/mol. The van der Waals surface area contributed by atoms with Crippen molar-refractivity contribution in [1.82, 2.24) is 0 Å². The lowest BCUT2D eigenvalue weighted by Gasteiger charge is -2.39. The second-order valence-electron chi connectivity index (χ2n) is 11.8. The summed E-state index contributed by atoms with van der Waals surface area (Å²) in [6, 6.07) is 55.0. The van der Waals surface area contributed by atoms with Gasteiger partial charge < -0.3 is 9.47 Å². The van der Waals surface area contributed by atoms with Crippen LogP contribution in [0.1, 0.15) is 30.5 Å². The number of hydrogen-bond acceptors (Lipinski definition) is 2. The first-order chi connectivity index (χ1) is 22.1. The molecule has 0 aliphatic carbocycles. The smallest absolute Gasteiger partial charge is 0.139 e. The molecule has 0 N–H and O–H groups in total. The number of para-hydroxylation sites is 1. The van der Waals surface area contributed by atoms with Crippen LogP contribution in [0, 0.1) is 0 Å². The first-order valence-electron chi connectivity index (χ1n) is 15.3. The Hall–Kier alpha value is -4.06. The molecule has 0 spiro atoms. The van der Waals surface area contributed by atoms with Crippen LogP contribution in [0.2, 0.25) is 0 Å². The normalized spacial score (nSPS) is 13.3. The van der Waals surface area contributed by atoms with Gasteiger partial charge in [0.25, 0.3) is 0 Å². The van der Waals surface area contributed by atoms with E-state index in [1.54, 1.807) is 7.11 Å².